The maximum atomic E-state index is 13.3. The van der Waals surface area contributed by atoms with Gasteiger partial charge in [0.15, 0.2) is 0 Å². The molecule has 1 N–H and O–H groups in total. The molecule has 1 saturated heterocycles. The molecule has 1 amide bonds. The summed E-state index contributed by atoms with van der Waals surface area (Å²) in [5, 5.41) is 1.26. The molecule has 4 nitrogen and oxygen atoms in total. The van der Waals surface area contributed by atoms with Crippen molar-refractivity contribution >= 4 is 22.5 Å². The topological polar surface area (TPSA) is 39.3 Å². The highest BCUT2D eigenvalue weighted by Crippen LogP contribution is 2.37. The lowest BCUT2D eigenvalue weighted by Gasteiger charge is -2.38. The summed E-state index contributed by atoms with van der Waals surface area (Å²) in [6, 6.07) is 15.0. The molecule has 3 aromatic rings. The van der Waals surface area contributed by atoms with E-state index in [0.717, 1.165) is 49.2 Å². The van der Waals surface area contributed by atoms with Crippen LogP contribution < -0.4 is 4.90 Å². The largest absolute Gasteiger partial charge is 0.368 e. The van der Waals surface area contributed by atoms with Crippen LogP contribution in [0.5, 0.6) is 0 Å². The Kier molecular flexibility index (Phi) is 4.30. The van der Waals surface area contributed by atoms with E-state index in [1.54, 1.807) is 0 Å². The van der Waals surface area contributed by atoms with Crippen molar-refractivity contribution in [3.63, 3.8) is 0 Å². The molecule has 5 rings (SSSR count). The van der Waals surface area contributed by atoms with Gasteiger partial charge in [-0.05, 0) is 55.2 Å². The first-order chi connectivity index (χ1) is 13.7. The van der Waals surface area contributed by atoms with E-state index < -0.39 is 0 Å². The van der Waals surface area contributed by atoms with Crippen LogP contribution in [0.3, 0.4) is 0 Å². The zero-order chi connectivity index (χ0) is 19.1. The number of aryl methyl sites for hydroxylation is 1. The van der Waals surface area contributed by atoms with E-state index >= 15 is 0 Å². The average Bonchev–Trinajstić information content (AvgIpc) is 3.13. The standard InChI is InChI=1S/C23H24FN3O/c24-16-8-10-17(11-9-16)26-12-14-27(15-13-26)23(28)20-6-3-5-19-18-4-1-2-7-21(18)25-22(19)20/h1-2,4,7-11,20,25H,3,5-6,12-15H2. The first kappa shape index (κ1) is 17.3. The van der Waals surface area contributed by atoms with E-state index in [-0.39, 0.29) is 17.6 Å². The number of benzene rings is 2. The number of amides is 1. The van der Waals surface area contributed by atoms with Gasteiger partial charge in [-0.1, -0.05) is 18.2 Å². The maximum absolute atomic E-state index is 13.3. The van der Waals surface area contributed by atoms with Crippen LogP contribution in [0.2, 0.25) is 0 Å². The highest BCUT2D eigenvalue weighted by Gasteiger charge is 2.33. The van der Waals surface area contributed by atoms with Gasteiger partial charge in [-0.15, -0.1) is 0 Å². The molecular weight excluding hydrogens is 353 g/mol. The Morgan fingerprint density at radius 2 is 1.75 bits per heavy atom. The summed E-state index contributed by atoms with van der Waals surface area (Å²) in [5.41, 5.74) is 4.60. The Bertz CT molecular complexity index is 1000. The van der Waals surface area contributed by atoms with Crippen LogP contribution in [0, 0.1) is 5.82 Å². The molecule has 144 valence electrons. The second-order valence-electron chi connectivity index (χ2n) is 7.80. The van der Waals surface area contributed by atoms with Crippen LogP contribution in [0.1, 0.15) is 30.0 Å². The SMILES string of the molecule is O=C(C1CCCc2c1[nH]c1ccccc21)N1CCN(c2ccc(F)cc2)CC1. The van der Waals surface area contributed by atoms with Gasteiger partial charge >= 0.3 is 0 Å². The molecule has 2 aromatic carbocycles. The smallest absolute Gasteiger partial charge is 0.231 e. The fraction of sp³-hybridized carbons (Fsp3) is 0.348. The van der Waals surface area contributed by atoms with E-state index in [2.05, 4.69) is 28.1 Å². The number of anilines is 1. The second-order valence-corrected chi connectivity index (χ2v) is 7.80. The molecule has 0 bridgehead atoms. The summed E-state index contributed by atoms with van der Waals surface area (Å²) in [5.74, 6) is -0.0382. The number of H-pyrrole nitrogens is 1. The number of aromatic nitrogens is 1. The lowest BCUT2D eigenvalue weighted by atomic mass is 9.85. The molecule has 28 heavy (non-hydrogen) atoms. The van der Waals surface area contributed by atoms with Crippen molar-refractivity contribution in [3.05, 3.63) is 65.6 Å². The summed E-state index contributed by atoms with van der Waals surface area (Å²) in [7, 11) is 0. The van der Waals surface area contributed by atoms with Gasteiger partial charge in [0.2, 0.25) is 5.91 Å². The molecule has 5 heteroatoms. The number of hydrogen-bond donors (Lipinski definition) is 1. The summed E-state index contributed by atoms with van der Waals surface area (Å²) in [6.07, 6.45) is 3.01. The van der Waals surface area contributed by atoms with Gasteiger partial charge in [0.25, 0.3) is 0 Å². The van der Waals surface area contributed by atoms with Crippen LogP contribution in [-0.2, 0) is 11.2 Å². The number of carbonyl (C=O) groups is 1. The molecule has 1 atom stereocenters. The number of nitrogens with one attached hydrogen (secondary N) is 1. The molecule has 1 aliphatic heterocycles. The number of rotatable bonds is 2. The fourth-order valence-corrected chi connectivity index (χ4v) is 4.72. The Balaban J connectivity index is 1.32. The van der Waals surface area contributed by atoms with Crippen molar-refractivity contribution in [2.24, 2.45) is 0 Å². The van der Waals surface area contributed by atoms with Crippen molar-refractivity contribution in [1.29, 1.82) is 0 Å². The zero-order valence-corrected chi connectivity index (χ0v) is 15.8. The molecule has 1 unspecified atom stereocenters. The van der Waals surface area contributed by atoms with Gasteiger partial charge in [0.05, 0.1) is 5.92 Å². The summed E-state index contributed by atoms with van der Waals surface area (Å²) < 4.78 is 13.2. The second kappa shape index (κ2) is 6.97. The number of aromatic amines is 1. The summed E-state index contributed by atoms with van der Waals surface area (Å²) in [4.78, 5) is 21.1. The number of para-hydroxylation sites is 1. The van der Waals surface area contributed by atoms with Gasteiger partial charge in [-0.25, -0.2) is 4.39 Å². The number of hydrogen-bond acceptors (Lipinski definition) is 2. The molecule has 1 aliphatic carbocycles. The number of piperazine rings is 1. The molecule has 0 spiro atoms. The van der Waals surface area contributed by atoms with E-state index in [0.29, 0.717) is 13.1 Å². The predicted octanol–water partition coefficient (Wildman–Crippen LogP) is 4.08. The number of carbonyl (C=O) groups excluding carboxylic acids is 1. The first-order valence-electron chi connectivity index (χ1n) is 10.1. The Labute approximate surface area is 163 Å². The Morgan fingerprint density at radius 3 is 2.54 bits per heavy atom. The van der Waals surface area contributed by atoms with Crippen LogP contribution >= 0.6 is 0 Å². The molecule has 1 fully saturated rings. The van der Waals surface area contributed by atoms with Crippen molar-refractivity contribution in [2.75, 3.05) is 31.1 Å². The Hall–Kier alpha value is -2.82. The van der Waals surface area contributed by atoms with E-state index in [9.17, 15) is 9.18 Å². The third-order valence-electron chi connectivity index (χ3n) is 6.20. The lowest BCUT2D eigenvalue weighted by Crippen LogP contribution is -2.50. The van der Waals surface area contributed by atoms with Crippen molar-refractivity contribution in [2.45, 2.75) is 25.2 Å². The minimum Gasteiger partial charge on any atom is -0.368 e. The number of fused-ring (bicyclic) bond motifs is 3. The van der Waals surface area contributed by atoms with Crippen LogP contribution in [0.4, 0.5) is 10.1 Å². The van der Waals surface area contributed by atoms with Crippen molar-refractivity contribution in [3.8, 4) is 0 Å². The third kappa shape index (κ3) is 2.95. The van der Waals surface area contributed by atoms with Crippen LogP contribution in [-0.4, -0.2) is 42.0 Å². The van der Waals surface area contributed by atoms with Gasteiger partial charge < -0.3 is 14.8 Å². The van der Waals surface area contributed by atoms with E-state index in [1.807, 2.05) is 23.1 Å². The molecule has 0 saturated carbocycles. The van der Waals surface area contributed by atoms with Gasteiger partial charge in [0.1, 0.15) is 5.82 Å². The monoisotopic (exact) mass is 377 g/mol. The highest BCUT2D eigenvalue weighted by atomic mass is 19.1. The van der Waals surface area contributed by atoms with Gasteiger partial charge in [-0.2, -0.15) is 0 Å². The summed E-state index contributed by atoms with van der Waals surface area (Å²) in [6.45, 7) is 2.98. The molecule has 0 radical (unpaired) electrons. The first-order valence-corrected chi connectivity index (χ1v) is 10.1. The molecular formula is C23H24FN3O. The molecule has 2 aliphatic rings. The van der Waals surface area contributed by atoms with Gasteiger partial charge in [-0.3, -0.25) is 4.79 Å². The summed E-state index contributed by atoms with van der Waals surface area (Å²) >= 11 is 0. The van der Waals surface area contributed by atoms with E-state index in [1.165, 1.54) is 23.1 Å². The number of halogens is 1. The predicted molar refractivity (Wildman–Crippen MR) is 109 cm³/mol. The maximum Gasteiger partial charge on any atom is 0.231 e. The van der Waals surface area contributed by atoms with E-state index in [4.69, 9.17) is 0 Å². The van der Waals surface area contributed by atoms with Crippen molar-refractivity contribution in [1.82, 2.24) is 9.88 Å². The molecule has 1 aromatic heterocycles. The third-order valence-corrected chi connectivity index (χ3v) is 6.20. The van der Waals surface area contributed by atoms with Crippen molar-refractivity contribution < 1.29 is 9.18 Å². The van der Waals surface area contributed by atoms with Crippen LogP contribution in [0.15, 0.2) is 48.5 Å². The van der Waals surface area contributed by atoms with Crippen LogP contribution in [0.25, 0.3) is 10.9 Å². The quantitative estimate of drug-likeness (QED) is 0.731. The molecule has 2 heterocycles. The fourth-order valence-electron chi connectivity index (χ4n) is 4.72. The average molecular weight is 377 g/mol. The number of nitrogens with zero attached hydrogens (tertiary/aromatic N) is 2. The minimum atomic E-state index is -0.219. The zero-order valence-electron chi connectivity index (χ0n) is 15.8. The highest BCUT2D eigenvalue weighted by molar-refractivity contribution is 5.90. The normalized spacial score (nSPS) is 19.7. The van der Waals surface area contributed by atoms with Gasteiger partial charge in [0, 0.05) is 48.5 Å². The Morgan fingerprint density at radius 1 is 1.00 bits per heavy atom. The minimum absolute atomic E-state index is 0.0616. The lowest BCUT2D eigenvalue weighted by molar-refractivity contribution is -0.133.